The molecular formula is C16H18N2O2. The van der Waals surface area contributed by atoms with Gasteiger partial charge in [0.1, 0.15) is 5.76 Å². The summed E-state index contributed by atoms with van der Waals surface area (Å²) in [7, 11) is 0. The molecule has 2 aromatic rings. The van der Waals surface area contributed by atoms with Gasteiger partial charge in [0.25, 0.3) is 0 Å². The first kappa shape index (κ1) is 12.8. The van der Waals surface area contributed by atoms with Crippen molar-refractivity contribution in [3.05, 3.63) is 47.9 Å². The van der Waals surface area contributed by atoms with E-state index in [2.05, 4.69) is 5.32 Å². The van der Waals surface area contributed by atoms with Crippen LogP contribution in [-0.4, -0.2) is 12.5 Å². The van der Waals surface area contributed by atoms with Crippen LogP contribution in [0.2, 0.25) is 0 Å². The molecule has 0 spiro atoms. The van der Waals surface area contributed by atoms with Gasteiger partial charge in [-0.3, -0.25) is 4.79 Å². The molecule has 4 nitrogen and oxygen atoms in total. The molecule has 1 aromatic heterocycles. The Bertz CT molecular complexity index is 618. The van der Waals surface area contributed by atoms with Crippen LogP contribution in [0, 0.1) is 6.92 Å². The summed E-state index contributed by atoms with van der Waals surface area (Å²) in [4.78, 5) is 13.6. The lowest BCUT2D eigenvalue weighted by Gasteiger charge is -2.17. The molecule has 0 saturated carbocycles. The number of aryl methyl sites for hydroxylation is 1. The number of nitrogens with zero attached hydrogens (tertiary/aromatic N) is 1. The molecular weight excluding hydrogens is 252 g/mol. The van der Waals surface area contributed by atoms with Gasteiger partial charge in [-0.05, 0) is 43.2 Å². The van der Waals surface area contributed by atoms with Gasteiger partial charge in [-0.15, -0.1) is 0 Å². The molecule has 0 atom stereocenters. The number of hydrogen-bond donors (Lipinski definition) is 1. The number of anilines is 2. The Balaban J connectivity index is 1.71. The molecule has 1 saturated heterocycles. The van der Waals surface area contributed by atoms with E-state index in [0.29, 0.717) is 13.0 Å². The number of benzene rings is 1. The number of furan rings is 1. The van der Waals surface area contributed by atoms with Gasteiger partial charge in [-0.1, -0.05) is 6.07 Å². The third-order valence-corrected chi connectivity index (χ3v) is 3.65. The van der Waals surface area contributed by atoms with E-state index in [9.17, 15) is 4.79 Å². The van der Waals surface area contributed by atoms with Crippen LogP contribution >= 0.6 is 0 Å². The topological polar surface area (TPSA) is 45.5 Å². The average molecular weight is 270 g/mol. The van der Waals surface area contributed by atoms with Gasteiger partial charge < -0.3 is 14.6 Å². The van der Waals surface area contributed by atoms with E-state index in [1.807, 2.05) is 42.2 Å². The summed E-state index contributed by atoms with van der Waals surface area (Å²) >= 11 is 0. The van der Waals surface area contributed by atoms with Crippen molar-refractivity contribution in [2.45, 2.75) is 26.3 Å². The number of carbonyl (C=O) groups excluding carboxylic acids is 1. The smallest absolute Gasteiger partial charge is 0.227 e. The maximum atomic E-state index is 11.8. The summed E-state index contributed by atoms with van der Waals surface area (Å²) in [6, 6.07) is 9.92. The number of amides is 1. The zero-order valence-electron chi connectivity index (χ0n) is 11.6. The Morgan fingerprint density at radius 2 is 2.25 bits per heavy atom. The van der Waals surface area contributed by atoms with E-state index in [0.717, 1.165) is 35.7 Å². The Morgan fingerprint density at radius 1 is 1.35 bits per heavy atom. The first-order valence-corrected chi connectivity index (χ1v) is 6.91. The van der Waals surface area contributed by atoms with Crippen molar-refractivity contribution >= 4 is 17.3 Å². The number of hydrogen-bond acceptors (Lipinski definition) is 3. The van der Waals surface area contributed by atoms with Crippen LogP contribution in [0.5, 0.6) is 0 Å². The quantitative estimate of drug-likeness (QED) is 0.927. The van der Waals surface area contributed by atoms with Gasteiger partial charge in [0.15, 0.2) is 0 Å². The minimum atomic E-state index is 0.212. The zero-order valence-corrected chi connectivity index (χ0v) is 11.6. The third kappa shape index (κ3) is 2.54. The Hall–Kier alpha value is -2.23. The highest BCUT2D eigenvalue weighted by molar-refractivity contribution is 5.95. The second-order valence-electron chi connectivity index (χ2n) is 5.08. The van der Waals surface area contributed by atoms with Gasteiger partial charge in [-0.25, -0.2) is 0 Å². The molecule has 0 radical (unpaired) electrons. The van der Waals surface area contributed by atoms with Crippen LogP contribution in [0.25, 0.3) is 0 Å². The molecule has 0 aliphatic carbocycles. The van der Waals surface area contributed by atoms with Crippen LogP contribution < -0.4 is 10.2 Å². The Morgan fingerprint density at radius 3 is 2.95 bits per heavy atom. The molecule has 1 N–H and O–H groups in total. The molecule has 1 aliphatic heterocycles. The highest BCUT2D eigenvalue weighted by Gasteiger charge is 2.21. The normalized spacial score (nSPS) is 14.8. The van der Waals surface area contributed by atoms with Crippen LogP contribution in [0.1, 0.15) is 24.2 Å². The van der Waals surface area contributed by atoms with Gasteiger partial charge in [0.2, 0.25) is 5.91 Å². The largest absolute Gasteiger partial charge is 0.467 e. The Kier molecular flexibility index (Phi) is 3.46. The van der Waals surface area contributed by atoms with Crippen LogP contribution in [-0.2, 0) is 11.3 Å². The SMILES string of the molecule is Cc1ccoc1CNc1cccc(N2CCCC2=O)c1. The van der Waals surface area contributed by atoms with Crippen LogP contribution in [0.3, 0.4) is 0 Å². The minimum Gasteiger partial charge on any atom is -0.467 e. The minimum absolute atomic E-state index is 0.212. The molecule has 20 heavy (non-hydrogen) atoms. The standard InChI is InChI=1S/C16H18N2O2/c1-12-7-9-20-15(12)11-17-13-4-2-5-14(10-13)18-8-3-6-16(18)19/h2,4-5,7,9-10,17H,3,6,8,11H2,1H3. The zero-order chi connectivity index (χ0) is 13.9. The molecule has 0 bridgehead atoms. The summed E-state index contributed by atoms with van der Waals surface area (Å²) in [6.45, 7) is 3.50. The van der Waals surface area contributed by atoms with Crippen LogP contribution in [0.4, 0.5) is 11.4 Å². The summed E-state index contributed by atoms with van der Waals surface area (Å²) in [5.74, 6) is 1.15. The average Bonchev–Trinajstić information content (AvgIpc) is 3.05. The fourth-order valence-corrected chi connectivity index (χ4v) is 2.47. The van der Waals surface area contributed by atoms with Gasteiger partial charge >= 0.3 is 0 Å². The van der Waals surface area contributed by atoms with Gasteiger partial charge in [-0.2, -0.15) is 0 Å². The summed E-state index contributed by atoms with van der Waals surface area (Å²) in [5, 5.41) is 3.33. The van der Waals surface area contributed by atoms with Crippen molar-refractivity contribution in [2.24, 2.45) is 0 Å². The number of nitrogens with one attached hydrogen (secondary N) is 1. The van der Waals surface area contributed by atoms with Crippen molar-refractivity contribution in [3.63, 3.8) is 0 Å². The fourth-order valence-electron chi connectivity index (χ4n) is 2.47. The predicted molar refractivity (Wildman–Crippen MR) is 78.8 cm³/mol. The van der Waals surface area contributed by atoms with E-state index in [-0.39, 0.29) is 5.91 Å². The lowest BCUT2D eigenvalue weighted by molar-refractivity contribution is -0.117. The van der Waals surface area contributed by atoms with Crippen molar-refractivity contribution in [2.75, 3.05) is 16.8 Å². The molecule has 1 aromatic carbocycles. The van der Waals surface area contributed by atoms with Gasteiger partial charge in [0.05, 0.1) is 12.8 Å². The molecule has 104 valence electrons. The predicted octanol–water partition coefficient (Wildman–Crippen LogP) is 3.33. The first-order valence-electron chi connectivity index (χ1n) is 6.91. The molecule has 2 heterocycles. The van der Waals surface area contributed by atoms with E-state index in [4.69, 9.17) is 4.42 Å². The van der Waals surface area contributed by atoms with Crippen molar-refractivity contribution in [1.82, 2.24) is 0 Å². The first-order chi connectivity index (χ1) is 9.74. The molecule has 3 rings (SSSR count). The summed E-state index contributed by atoms with van der Waals surface area (Å²) < 4.78 is 5.41. The summed E-state index contributed by atoms with van der Waals surface area (Å²) in [6.07, 6.45) is 3.30. The lowest BCUT2D eigenvalue weighted by Crippen LogP contribution is -2.23. The molecule has 1 fully saturated rings. The Labute approximate surface area is 118 Å². The second kappa shape index (κ2) is 5.41. The third-order valence-electron chi connectivity index (χ3n) is 3.65. The fraction of sp³-hybridized carbons (Fsp3) is 0.312. The molecule has 1 aliphatic rings. The highest BCUT2D eigenvalue weighted by atomic mass is 16.3. The molecule has 0 unspecified atom stereocenters. The lowest BCUT2D eigenvalue weighted by atomic mass is 10.2. The van der Waals surface area contributed by atoms with Crippen molar-refractivity contribution < 1.29 is 9.21 Å². The molecule has 1 amide bonds. The van der Waals surface area contributed by atoms with E-state index < -0.39 is 0 Å². The number of carbonyl (C=O) groups is 1. The molecule has 4 heteroatoms. The second-order valence-corrected chi connectivity index (χ2v) is 5.08. The highest BCUT2D eigenvalue weighted by Crippen LogP contribution is 2.24. The van der Waals surface area contributed by atoms with E-state index in [1.165, 1.54) is 0 Å². The van der Waals surface area contributed by atoms with Crippen molar-refractivity contribution in [1.29, 1.82) is 0 Å². The van der Waals surface area contributed by atoms with Crippen molar-refractivity contribution in [3.8, 4) is 0 Å². The van der Waals surface area contributed by atoms with Crippen LogP contribution in [0.15, 0.2) is 41.0 Å². The van der Waals surface area contributed by atoms with E-state index >= 15 is 0 Å². The maximum Gasteiger partial charge on any atom is 0.227 e. The maximum absolute atomic E-state index is 11.8. The number of rotatable bonds is 4. The summed E-state index contributed by atoms with van der Waals surface area (Å²) in [5.41, 5.74) is 3.11. The van der Waals surface area contributed by atoms with E-state index in [1.54, 1.807) is 6.26 Å². The van der Waals surface area contributed by atoms with Gasteiger partial charge in [0, 0.05) is 24.3 Å². The monoisotopic (exact) mass is 270 g/mol.